The molecule has 0 bridgehead atoms. The summed E-state index contributed by atoms with van der Waals surface area (Å²) in [7, 11) is 1.64. The van der Waals surface area contributed by atoms with E-state index in [0.717, 1.165) is 27.7 Å². The quantitative estimate of drug-likeness (QED) is 0.370. The van der Waals surface area contributed by atoms with Crippen LogP contribution in [0.15, 0.2) is 83.2 Å². The fourth-order valence-corrected chi connectivity index (χ4v) is 3.93. The van der Waals surface area contributed by atoms with E-state index in [1.165, 1.54) is 23.3 Å². The Balaban J connectivity index is 1.34. The minimum atomic E-state index is -0.198. The number of aromatic nitrogens is 2. The van der Waals surface area contributed by atoms with E-state index >= 15 is 0 Å². The zero-order chi connectivity index (χ0) is 20.8. The van der Waals surface area contributed by atoms with E-state index in [1.54, 1.807) is 25.4 Å². The molecule has 0 radical (unpaired) electrons. The fraction of sp³-hybridized carbons (Fsp3) is 0.0455. The van der Waals surface area contributed by atoms with Gasteiger partial charge in [-0.25, -0.2) is 4.98 Å². The van der Waals surface area contributed by atoms with Crippen molar-refractivity contribution in [2.24, 2.45) is 0 Å². The summed E-state index contributed by atoms with van der Waals surface area (Å²) in [4.78, 5) is 22.2. The van der Waals surface area contributed by atoms with Crippen LogP contribution in [0.25, 0.3) is 11.4 Å². The highest BCUT2D eigenvalue weighted by molar-refractivity contribution is 8.00. The van der Waals surface area contributed by atoms with Crippen LogP contribution in [0.4, 0.5) is 10.8 Å². The highest BCUT2D eigenvalue weighted by Crippen LogP contribution is 2.25. The van der Waals surface area contributed by atoms with Crippen LogP contribution in [0, 0.1) is 0 Å². The van der Waals surface area contributed by atoms with Crippen molar-refractivity contribution in [3.05, 3.63) is 83.9 Å². The van der Waals surface area contributed by atoms with Gasteiger partial charge < -0.3 is 9.46 Å². The molecule has 0 aliphatic carbocycles. The lowest BCUT2D eigenvalue weighted by molar-refractivity contribution is 0.102. The van der Waals surface area contributed by atoms with Crippen LogP contribution in [-0.2, 0) is 0 Å². The molecule has 0 atom stereocenters. The predicted molar refractivity (Wildman–Crippen MR) is 122 cm³/mol. The number of benzene rings is 2. The van der Waals surface area contributed by atoms with Crippen molar-refractivity contribution in [1.82, 2.24) is 9.97 Å². The van der Waals surface area contributed by atoms with Crippen molar-refractivity contribution in [3.63, 3.8) is 0 Å². The molecule has 0 aliphatic rings. The molecular formula is C22H18N4O2S2. The number of nitrogens with one attached hydrogen (secondary N) is 2. The third-order valence-corrected chi connectivity index (χ3v) is 5.75. The first-order valence-corrected chi connectivity index (χ1v) is 10.8. The van der Waals surface area contributed by atoms with E-state index in [2.05, 4.69) is 20.0 Å². The van der Waals surface area contributed by atoms with Crippen molar-refractivity contribution in [2.45, 2.75) is 4.90 Å². The Kier molecular flexibility index (Phi) is 6.26. The molecular weight excluding hydrogens is 416 g/mol. The van der Waals surface area contributed by atoms with Gasteiger partial charge in [0.1, 0.15) is 11.4 Å². The van der Waals surface area contributed by atoms with Gasteiger partial charge in [-0.1, -0.05) is 6.07 Å². The number of rotatable bonds is 7. The minimum absolute atomic E-state index is 0.198. The Hall–Kier alpha value is -3.36. The molecule has 6 nitrogen and oxygen atoms in total. The topological polar surface area (TPSA) is 76.1 Å². The van der Waals surface area contributed by atoms with Crippen molar-refractivity contribution < 1.29 is 9.53 Å². The molecule has 4 rings (SSSR count). The second-order valence-corrected chi connectivity index (χ2v) is 7.90. The van der Waals surface area contributed by atoms with Crippen LogP contribution < -0.4 is 14.8 Å². The summed E-state index contributed by atoms with van der Waals surface area (Å²) in [6.45, 7) is 0. The Bertz CT molecular complexity index is 1110. The summed E-state index contributed by atoms with van der Waals surface area (Å²) in [5, 5.41) is 5.26. The minimum Gasteiger partial charge on any atom is -0.497 e. The number of carbonyl (C=O) groups is 1. The molecule has 2 N–H and O–H groups in total. The van der Waals surface area contributed by atoms with Gasteiger partial charge in [0.05, 0.1) is 12.8 Å². The van der Waals surface area contributed by atoms with E-state index in [9.17, 15) is 4.79 Å². The van der Waals surface area contributed by atoms with E-state index in [1.807, 2.05) is 60.0 Å². The first-order chi connectivity index (χ1) is 14.7. The first-order valence-electron chi connectivity index (χ1n) is 9.06. The van der Waals surface area contributed by atoms with Gasteiger partial charge in [0, 0.05) is 27.7 Å². The van der Waals surface area contributed by atoms with Crippen molar-refractivity contribution in [2.75, 3.05) is 17.1 Å². The Morgan fingerprint density at radius 3 is 2.50 bits per heavy atom. The van der Waals surface area contributed by atoms with Crippen LogP contribution in [-0.4, -0.2) is 23.0 Å². The van der Waals surface area contributed by atoms with Crippen LogP contribution in [0.5, 0.6) is 5.75 Å². The predicted octanol–water partition coefficient (Wildman–Crippen LogP) is 5.59. The smallest absolute Gasteiger partial charge is 0.257 e. The lowest BCUT2D eigenvalue weighted by Crippen LogP contribution is -2.11. The average Bonchev–Trinajstić information content (AvgIpc) is 3.27. The third-order valence-electron chi connectivity index (χ3n) is 4.15. The molecule has 0 saturated carbocycles. The fourth-order valence-electron chi connectivity index (χ4n) is 2.58. The number of hydrogen-bond donors (Lipinski definition) is 2. The maximum Gasteiger partial charge on any atom is 0.257 e. The van der Waals surface area contributed by atoms with Gasteiger partial charge in [-0.05, 0) is 72.6 Å². The molecule has 4 aromatic rings. The van der Waals surface area contributed by atoms with Crippen LogP contribution >= 0.6 is 23.3 Å². The van der Waals surface area contributed by atoms with Crippen LogP contribution in [0.3, 0.4) is 0 Å². The van der Waals surface area contributed by atoms with Crippen LogP contribution in [0.2, 0.25) is 0 Å². The number of anilines is 2. The van der Waals surface area contributed by atoms with Gasteiger partial charge in [0.15, 0.2) is 5.13 Å². The van der Waals surface area contributed by atoms with E-state index in [0.29, 0.717) is 10.7 Å². The molecule has 0 aliphatic heterocycles. The standard InChI is InChI=1S/C22H18N4O2S2/c1-28-17-9-7-16(8-10-17)26-30-18-11-5-15(6-12-18)21(27)25-22-24-20(14-29-22)19-4-2-3-13-23-19/h2-14,26H,1H3,(H,24,25,27). The summed E-state index contributed by atoms with van der Waals surface area (Å²) in [5.74, 6) is 0.616. The van der Waals surface area contributed by atoms with Gasteiger partial charge >= 0.3 is 0 Å². The van der Waals surface area contributed by atoms with Crippen molar-refractivity contribution in [3.8, 4) is 17.1 Å². The number of nitrogens with zero attached hydrogens (tertiary/aromatic N) is 2. The molecule has 0 unspecified atom stereocenters. The molecule has 2 aromatic carbocycles. The number of pyridine rings is 1. The number of carbonyl (C=O) groups excluding carboxylic acids is 1. The summed E-state index contributed by atoms with van der Waals surface area (Å²) < 4.78 is 8.42. The number of ether oxygens (including phenoxy) is 1. The second-order valence-electron chi connectivity index (χ2n) is 6.16. The molecule has 0 fully saturated rings. The summed E-state index contributed by atoms with van der Waals surface area (Å²) in [6, 6.07) is 20.7. The van der Waals surface area contributed by atoms with E-state index in [4.69, 9.17) is 4.74 Å². The zero-order valence-electron chi connectivity index (χ0n) is 16.0. The molecule has 8 heteroatoms. The van der Waals surface area contributed by atoms with Gasteiger partial charge in [-0.2, -0.15) is 0 Å². The maximum atomic E-state index is 12.5. The largest absolute Gasteiger partial charge is 0.497 e. The van der Waals surface area contributed by atoms with E-state index in [-0.39, 0.29) is 5.91 Å². The molecule has 1 amide bonds. The highest BCUT2D eigenvalue weighted by atomic mass is 32.2. The lowest BCUT2D eigenvalue weighted by atomic mass is 10.2. The molecule has 0 saturated heterocycles. The zero-order valence-corrected chi connectivity index (χ0v) is 17.7. The first kappa shape index (κ1) is 19.9. The third kappa shape index (κ3) is 4.97. The molecule has 2 aromatic heterocycles. The summed E-state index contributed by atoms with van der Waals surface area (Å²) in [6.07, 6.45) is 1.72. The van der Waals surface area contributed by atoms with E-state index < -0.39 is 0 Å². The van der Waals surface area contributed by atoms with Crippen molar-refractivity contribution >= 4 is 40.0 Å². The van der Waals surface area contributed by atoms with Gasteiger partial charge in [-0.15, -0.1) is 11.3 Å². The van der Waals surface area contributed by atoms with Crippen molar-refractivity contribution in [1.29, 1.82) is 0 Å². The number of methoxy groups -OCH3 is 1. The molecule has 0 spiro atoms. The molecule has 30 heavy (non-hydrogen) atoms. The maximum absolute atomic E-state index is 12.5. The number of hydrogen-bond acceptors (Lipinski definition) is 7. The summed E-state index contributed by atoms with van der Waals surface area (Å²) in [5.41, 5.74) is 3.06. The van der Waals surface area contributed by atoms with Gasteiger partial charge in [0.25, 0.3) is 5.91 Å². The Labute approximate surface area is 182 Å². The summed E-state index contributed by atoms with van der Waals surface area (Å²) >= 11 is 2.85. The van der Waals surface area contributed by atoms with Crippen LogP contribution in [0.1, 0.15) is 10.4 Å². The molecule has 150 valence electrons. The number of thiazole rings is 1. The van der Waals surface area contributed by atoms with Gasteiger partial charge in [-0.3, -0.25) is 15.1 Å². The monoisotopic (exact) mass is 434 g/mol. The number of amides is 1. The lowest BCUT2D eigenvalue weighted by Gasteiger charge is -2.07. The molecule has 2 heterocycles. The normalized spacial score (nSPS) is 10.4. The SMILES string of the molecule is COc1ccc(NSc2ccc(C(=O)Nc3nc(-c4ccccn4)cs3)cc2)cc1. The Morgan fingerprint density at radius 1 is 1.00 bits per heavy atom. The Morgan fingerprint density at radius 2 is 1.80 bits per heavy atom. The average molecular weight is 435 g/mol. The highest BCUT2D eigenvalue weighted by Gasteiger charge is 2.10. The van der Waals surface area contributed by atoms with Gasteiger partial charge in [0.2, 0.25) is 0 Å². The second kappa shape index (κ2) is 9.43.